The molecule has 0 bridgehead atoms. The van der Waals surface area contributed by atoms with Crippen molar-refractivity contribution in [3.63, 3.8) is 0 Å². The summed E-state index contributed by atoms with van der Waals surface area (Å²) in [6.07, 6.45) is -3.19. The molecule has 0 atom stereocenters. The first-order valence-electron chi connectivity index (χ1n) is 4.96. The minimum absolute atomic E-state index is 0.123. The van der Waals surface area contributed by atoms with Gasteiger partial charge in [0.1, 0.15) is 5.69 Å². The van der Waals surface area contributed by atoms with E-state index < -0.39 is 11.9 Å². The van der Waals surface area contributed by atoms with Gasteiger partial charge in [0, 0.05) is 18.3 Å². The van der Waals surface area contributed by atoms with Crippen LogP contribution in [0, 0.1) is 0 Å². The van der Waals surface area contributed by atoms with Crippen LogP contribution >= 0.6 is 0 Å². The Morgan fingerprint density at radius 3 is 2.38 bits per heavy atom. The zero-order valence-corrected chi connectivity index (χ0v) is 9.52. The number of alkyl halides is 3. The van der Waals surface area contributed by atoms with E-state index in [4.69, 9.17) is 0 Å². The van der Waals surface area contributed by atoms with Gasteiger partial charge in [-0.3, -0.25) is 4.98 Å². The van der Waals surface area contributed by atoms with Crippen molar-refractivity contribution in [2.24, 2.45) is 0 Å². The molecule has 90 valence electrons. The smallest absolute Gasteiger partial charge is 0.308 e. The Balaban J connectivity index is 2.76. The van der Waals surface area contributed by atoms with Gasteiger partial charge in [0.25, 0.3) is 0 Å². The molecule has 0 fully saturated rings. The molecule has 0 unspecified atom stereocenters. The summed E-state index contributed by atoms with van der Waals surface area (Å²) in [6.45, 7) is 6.27. The van der Waals surface area contributed by atoms with Crippen LogP contribution in [0.5, 0.6) is 0 Å². The molecule has 1 aromatic rings. The zero-order chi connectivity index (χ0) is 12.4. The monoisotopic (exact) mass is 232 g/mol. The van der Waals surface area contributed by atoms with Gasteiger partial charge in [0.05, 0.1) is 0 Å². The fourth-order valence-electron chi connectivity index (χ4n) is 1.11. The van der Waals surface area contributed by atoms with Crippen LogP contribution in [0.15, 0.2) is 18.3 Å². The van der Waals surface area contributed by atoms with Gasteiger partial charge in [-0.15, -0.1) is 0 Å². The molecular formula is C11H15F3N2. The number of rotatable bonds is 2. The molecule has 5 heteroatoms. The Morgan fingerprint density at radius 2 is 1.88 bits per heavy atom. The highest BCUT2D eigenvalue weighted by Gasteiger charge is 2.32. The average Bonchev–Trinajstić information content (AvgIpc) is 2.13. The highest BCUT2D eigenvalue weighted by atomic mass is 19.4. The van der Waals surface area contributed by atoms with Gasteiger partial charge < -0.3 is 5.32 Å². The van der Waals surface area contributed by atoms with Crippen LogP contribution in [0.4, 0.5) is 13.2 Å². The fourth-order valence-corrected chi connectivity index (χ4v) is 1.11. The Kier molecular flexibility index (Phi) is 3.57. The number of pyridine rings is 1. The molecular weight excluding hydrogens is 217 g/mol. The maximum atomic E-state index is 12.4. The van der Waals surface area contributed by atoms with Crippen LogP contribution in [0.25, 0.3) is 0 Å². The van der Waals surface area contributed by atoms with Crippen molar-refractivity contribution >= 4 is 0 Å². The van der Waals surface area contributed by atoms with Crippen LogP contribution in [-0.4, -0.2) is 10.5 Å². The number of hydrogen-bond donors (Lipinski definition) is 1. The van der Waals surface area contributed by atoms with Crippen molar-refractivity contribution in [2.45, 2.75) is 39.0 Å². The number of nitrogens with one attached hydrogen (secondary N) is 1. The van der Waals surface area contributed by atoms with Crippen molar-refractivity contribution in [3.8, 4) is 0 Å². The molecule has 0 amide bonds. The Morgan fingerprint density at radius 1 is 1.25 bits per heavy atom. The van der Waals surface area contributed by atoms with E-state index in [-0.39, 0.29) is 5.54 Å². The van der Waals surface area contributed by atoms with E-state index >= 15 is 0 Å². The van der Waals surface area contributed by atoms with Crippen LogP contribution in [0.1, 0.15) is 32.0 Å². The Hall–Kier alpha value is -1.10. The topological polar surface area (TPSA) is 24.9 Å². The summed E-state index contributed by atoms with van der Waals surface area (Å²) in [4.78, 5) is 3.30. The molecule has 16 heavy (non-hydrogen) atoms. The van der Waals surface area contributed by atoms with E-state index in [1.54, 1.807) is 6.07 Å². The summed E-state index contributed by atoms with van der Waals surface area (Å²) in [5.74, 6) is 0. The molecule has 1 heterocycles. The van der Waals surface area contributed by atoms with Crippen LogP contribution in [0.3, 0.4) is 0 Å². The van der Waals surface area contributed by atoms with Gasteiger partial charge in [-0.25, -0.2) is 0 Å². The summed E-state index contributed by atoms with van der Waals surface area (Å²) in [5, 5.41) is 3.12. The van der Waals surface area contributed by atoms with Crippen LogP contribution in [0.2, 0.25) is 0 Å². The summed E-state index contributed by atoms with van der Waals surface area (Å²) >= 11 is 0. The molecule has 0 aliphatic rings. The molecule has 0 aromatic carbocycles. The molecule has 1 rings (SSSR count). The Bertz CT molecular complexity index is 353. The van der Waals surface area contributed by atoms with Crippen molar-refractivity contribution < 1.29 is 13.2 Å². The second-order valence-corrected chi connectivity index (χ2v) is 4.65. The summed E-state index contributed by atoms with van der Waals surface area (Å²) < 4.78 is 37.1. The lowest BCUT2D eigenvalue weighted by molar-refractivity contribution is -0.141. The highest BCUT2D eigenvalue weighted by molar-refractivity contribution is 5.18. The van der Waals surface area contributed by atoms with Gasteiger partial charge >= 0.3 is 6.18 Å². The fraction of sp³-hybridized carbons (Fsp3) is 0.545. The van der Waals surface area contributed by atoms with E-state index in [0.29, 0.717) is 12.1 Å². The third kappa shape index (κ3) is 4.18. The molecule has 1 N–H and O–H groups in total. The number of halogens is 3. The molecule has 1 aromatic heterocycles. The van der Waals surface area contributed by atoms with Crippen LogP contribution in [-0.2, 0) is 12.7 Å². The van der Waals surface area contributed by atoms with Gasteiger partial charge in [0.2, 0.25) is 0 Å². The van der Waals surface area contributed by atoms with Crippen LogP contribution < -0.4 is 5.32 Å². The van der Waals surface area contributed by atoms with E-state index in [1.165, 1.54) is 6.20 Å². The Labute approximate surface area is 92.9 Å². The first-order chi connectivity index (χ1) is 7.18. The summed E-state index contributed by atoms with van der Waals surface area (Å²) in [7, 11) is 0. The largest absolute Gasteiger partial charge is 0.433 e. The van der Waals surface area contributed by atoms with E-state index in [1.807, 2.05) is 20.8 Å². The predicted molar refractivity (Wildman–Crippen MR) is 55.8 cm³/mol. The second kappa shape index (κ2) is 4.41. The average molecular weight is 232 g/mol. The molecule has 0 spiro atoms. The van der Waals surface area contributed by atoms with Gasteiger partial charge in [-0.05, 0) is 38.5 Å². The lowest BCUT2D eigenvalue weighted by atomic mass is 10.1. The zero-order valence-electron chi connectivity index (χ0n) is 9.52. The first-order valence-corrected chi connectivity index (χ1v) is 4.96. The maximum absolute atomic E-state index is 12.4. The number of hydrogen-bond acceptors (Lipinski definition) is 2. The summed E-state index contributed by atoms with van der Waals surface area (Å²) in [6, 6.07) is 2.65. The van der Waals surface area contributed by atoms with Gasteiger partial charge in [0.15, 0.2) is 0 Å². The summed E-state index contributed by atoms with van der Waals surface area (Å²) in [5.41, 5.74) is -0.389. The van der Waals surface area contributed by atoms with E-state index in [0.717, 1.165) is 6.07 Å². The quantitative estimate of drug-likeness (QED) is 0.847. The standard InChI is InChI=1S/C11H15F3N2/c1-10(2,3)16-7-8-4-5-15-9(6-8)11(12,13)14/h4-6,16H,7H2,1-3H3. The number of nitrogens with zero attached hydrogens (tertiary/aromatic N) is 1. The molecule has 0 saturated heterocycles. The van der Waals surface area contributed by atoms with Crippen molar-refractivity contribution in [3.05, 3.63) is 29.6 Å². The predicted octanol–water partition coefficient (Wildman–Crippen LogP) is 2.99. The number of aromatic nitrogens is 1. The third-order valence-corrected chi connectivity index (χ3v) is 1.94. The lowest BCUT2D eigenvalue weighted by Crippen LogP contribution is -2.35. The van der Waals surface area contributed by atoms with Crippen molar-refractivity contribution in [1.82, 2.24) is 10.3 Å². The lowest BCUT2D eigenvalue weighted by Gasteiger charge is -2.20. The van der Waals surface area contributed by atoms with Crippen molar-refractivity contribution in [2.75, 3.05) is 0 Å². The third-order valence-electron chi connectivity index (χ3n) is 1.94. The van der Waals surface area contributed by atoms with Gasteiger partial charge in [-0.2, -0.15) is 13.2 Å². The minimum atomic E-state index is -4.38. The SMILES string of the molecule is CC(C)(C)NCc1ccnc(C(F)(F)F)c1. The highest BCUT2D eigenvalue weighted by Crippen LogP contribution is 2.27. The van der Waals surface area contributed by atoms with Crippen molar-refractivity contribution in [1.29, 1.82) is 0 Å². The van der Waals surface area contributed by atoms with Gasteiger partial charge in [-0.1, -0.05) is 0 Å². The maximum Gasteiger partial charge on any atom is 0.433 e. The normalized spacial score (nSPS) is 12.9. The minimum Gasteiger partial charge on any atom is -0.308 e. The molecule has 0 radical (unpaired) electrons. The molecule has 2 nitrogen and oxygen atoms in total. The molecule has 0 aliphatic heterocycles. The molecule has 0 saturated carbocycles. The second-order valence-electron chi connectivity index (χ2n) is 4.65. The first kappa shape index (κ1) is 13.0. The molecule has 0 aliphatic carbocycles. The van der Waals surface area contributed by atoms with E-state index in [2.05, 4.69) is 10.3 Å². The van der Waals surface area contributed by atoms with E-state index in [9.17, 15) is 13.2 Å².